The molecule has 78 valence electrons. The molecule has 1 aromatic carbocycles. The summed E-state index contributed by atoms with van der Waals surface area (Å²) in [5.41, 5.74) is 1.22. The Balaban J connectivity index is 2.54. The van der Waals surface area contributed by atoms with Gasteiger partial charge in [-0.1, -0.05) is 12.1 Å². The average molecular weight is 194 g/mol. The van der Waals surface area contributed by atoms with Gasteiger partial charge in [0.1, 0.15) is 5.75 Å². The monoisotopic (exact) mass is 194 g/mol. The SMILES string of the molecule is CCOc1cccc(CCC(C)O)c1. The minimum Gasteiger partial charge on any atom is -0.494 e. The average Bonchev–Trinajstić information content (AvgIpc) is 2.16. The molecule has 2 nitrogen and oxygen atoms in total. The number of aliphatic hydroxyl groups excluding tert-OH is 1. The number of hydrogen-bond donors (Lipinski definition) is 1. The van der Waals surface area contributed by atoms with Gasteiger partial charge in [-0.3, -0.25) is 0 Å². The first-order valence-electron chi connectivity index (χ1n) is 5.12. The van der Waals surface area contributed by atoms with Crippen LogP contribution in [-0.4, -0.2) is 17.8 Å². The lowest BCUT2D eigenvalue weighted by molar-refractivity contribution is 0.185. The summed E-state index contributed by atoms with van der Waals surface area (Å²) in [7, 11) is 0. The molecule has 0 fully saturated rings. The van der Waals surface area contributed by atoms with E-state index in [0.717, 1.165) is 18.6 Å². The Morgan fingerprint density at radius 1 is 1.43 bits per heavy atom. The van der Waals surface area contributed by atoms with E-state index in [-0.39, 0.29) is 6.10 Å². The molecular weight excluding hydrogens is 176 g/mol. The van der Waals surface area contributed by atoms with Crippen molar-refractivity contribution in [2.75, 3.05) is 6.61 Å². The maximum absolute atomic E-state index is 9.16. The normalized spacial score (nSPS) is 12.5. The van der Waals surface area contributed by atoms with E-state index in [4.69, 9.17) is 9.84 Å². The molecule has 0 saturated heterocycles. The summed E-state index contributed by atoms with van der Waals surface area (Å²) >= 11 is 0. The summed E-state index contributed by atoms with van der Waals surface area (Å²) in [6.45, 7) is 4.48. The smallest absolute Gasteiger partial charge is 0.119 e. The minimum absolute atomic E-state index is 0.231. The van der Waals surface area contributed by atoms with Crippen molar-refractivity contribution < 1.29 is 9.84 Å². The molecule has 1 rings (SSSR count). The molecule has 0 bridgehead atoms. The third-order valence-corrected chi connectivity index (χ3v) is 2.06. The van der Waals surface area contributed by atoms with Gasteiger partial charge < -0.3 is 9.84 Å². The van der Waals surface area contributed by atoms with Crippen LogP contribution < -0.4 is 4.74 Å². The van der Waals surface area contributed by atoms with Crippen molar-refractivity contribution >= 4 is 0 Å². The number of ether oxygens (including phenoxy) is 1. The summed E-state index contributed by atoms with van der Waals surface area (Å²) in [6.07, 6.45) is 1.47. The van der Waals surface area contributed by atoms with Crippen molar-refractivity contribution in [2.24, 2.45) is 0 Å². The van der Waals surface area contributed by atoms with Gasteiger partial charge in [-0.2, -0.15) is 0 Å². The van der Waals surface area contributed by atoms with Crippen molar-refractivity contribution in [1.29, 1.82) is 0 Å². The van der Waals surface area contributed by atoms with E-state index in [0.29, 0.717) is 6.61 Å². The van der Waals surface area contributed by atoms with E-state index in [1.165, 1.54) is 5.56 Å². The third kappa shape index (κ3) is 3.79. The molecule has 1 aromatic rings. The van der Waals surface area contributed by atoms with Gasteiger partial charge in [0.15, 0.2) is 0 Å². The van der Waals surface area contributed by atoms with Crippen molar-refractivity contribution in [3.8, 4) is 5.75 Å². The largest absolute Gasteiger partial charge is 0.494 e. The number of aryl methyl sites for hydroxylation is 1. The molecule has 2 heteroatoms. The van der Waals surface area contributed by atoms with Crippen molar-refractivity contribution in [3.63, 3.8) is 0 Å². The Morgan fingerprint density at radius 2 is 2.21 bits per heavy atom. The Kier molecular flexibility index (Phi) is 4.47. The molecule has 0 aliphatic carbocycles. The molecule has 1 unspecified atom stereocenters. The van der Waals surface area contributed by atoms with Crippen LogP contribution in [0.4, 0.5) is 0 Å². The van der Waals surface area contributed by atoms with Gasteiger partial charge in [-0.15, -0.1) is 0 Å². The highest BCUT2D eigenvalue weighted by molar-refractivity contribution is 5.28. The maximum atomic E-state index is 9.16. The molecule has 14 heavy (non-hydrogen) atoms. The summed E-state index contributed by atoms with van der Waals surface area (Å²) in [6, 6.07) is 8.04. The summed E-state index contributed by atoms with van der Waals surface area (Å²) in [5.74, 6) is 0.913. The van der Waals surface area contributed by atoms with Gasteiger partial charge in [0.25, 0.3) is 0 Å². The molecular formula is C12H18O2. The van der Waals surface area contributed by atoms with Crippen LogP contribution in [0.25, 0.3) is 0 Å². The molecule has 1 atom stereocenters. The Bertz CT molecular complexity index is 269. The van der Waals surface area contributed by atoms with E-state index in [2.05, 4.69) is 6.07 Å². The van der Waals surface area contributed by atoms with E-state index >= 15 is 0 Å². The zero-order valence-electron chi connectivity index (χ0n) is 8.86. The lowest BCUT2D eigenvalue weighted by atomic mass is 10.1. The second kappa shape index (κ2) is 5.66. The lowest BCUT2D eigenvalue weighted by Gasteiger charge is -2.07. The van der Waals surface area contributed by atoms with Crippen molar-refractivity contribution in [2.45, 2.75) is 32.8 Å². The Hall–Kier alpha value is -1.02. The number of hydrogen-bond acceptors (Lipinski definition) is 2. The molecule has 0 saturated carbocycles. The second-order valence-electron chi connectivity index (χ2n) is 3.47. The first-order valence-corrected chi connectivity index (χ1v) is 5.12. The summed E-state index contributed by atoms with van der Waals surface area (Å²) in [5, 5.41) is 9.16. The van der Waals surface area contributed by atoms with Crippen LogP contribution >= 0.6 is 0 Å². The molecule has 0 aliphatic rings. The molecule has 0 aliphatic heterocycles. The Morgan fingerprint density at radius 3 is 2.86 bits per heavy atom. The van der Waals surface area contributed by atoms with Gasteiger partial charge in [-0.05, 0) is 44.4 Å². The fourth-order valence-corrected chi connectivity index (χ4v) is 1.33. The molecule has 0 radical (unpaired) electrons. The number of rotatable bonds is 5. The lowest BCUT2D eigenvalue weighted by Crippen LogP contribution is -2.01. The van der Waals surface area contributed by atoms with Crippen molar-refractivity contribution in [1.82, 2.24) is 0 Å². The van der Waals surface area contributed by atoms with E-state index in [9.17, 15) is 0 Å². The highest BCUT2D eigenvalue weighted by Crippen LogP contribution is 2.14. The van der Waals surface area contributed by atoms with Crippen LogP contribution in [0.2, 0.25) is 0 Å². The first-order chi connectivity index (χ1) is 6.72. The predicted octanol–water partition coefficient (Wildman–Crippen LogP) is 2.40. The Labute approximate surface area is 85.5 Å². The van der Waals surface area contributed by atoms with E-state index in [1.807, 2.05) is 32.0 Å². The minimum atomic E-state index is -0.231. The van der Waals surface area contributed by atoms with Gasteiger partial charge in [-0.25, -0.2) is 0 Å². The highest BCUT2D eigenvalue weighted by atomic mass is 16.5. The van der Waals surface area contributed by atoms with Crippen LogP contribution in [0, 0.1) is 0 Å². The molecule has 1 N–H and O–H groups in total. The van der Waals surface area contributed by atoms with Crippen LogP contribution in [0.5, 0.6) is 5.75 Å². The van der Waals surface area contributed by atoms with Crippen LogP contribution in [-0.2, 0) is 6.42 Å². The topological polar surface area (TPSA) is 29.5 Å². The fourth-order valence-electron chi connectivity index (χ4n) is 1.33. The maximum Gasteiger partial charge on any atom is 0.119 e. The number of aliphatic hydroxyl groups is 1. The standard InChI is InChI=1S/C12H18O2/c1-3-14-12-6-4-5-11(9-12)8-7-10(2)13/h4-6,9-10,13H,3,7-8H2,1-2H3. The zero-order valence-corrected chi connectivity index (χ0v) is 8.86. The predicted molar refractivity (Wildman–Crippen MR) is 57.6 cm³/mol. The van der Waals surface area contributed by atoms with Gasteiger partial charge >= 0.3 is 0 Å². The van der Waals surface area contributed by atoms with E-state index < -0.39 is 0 Å². The summed E-state index contributed by atoms with van der Waals surface area (Å²) < 4.78 is 5.39. The van der Waals surface area contributed by atoms with E-state index in [1.54, 1.807) is 0 Å². The number of benzene rings is 1. The molecule has 0 heterocycles. The fraction of sp³-hybridized carbons (Fsp3) is 0.500. The van der Waals surface area contributed by atoms with Gasteiger partial charge in [0.05, 0.1) is 12.7 Å². The first kappa shape index (κ1) is 11.1. The van der Waals surface area contributed by atoms with Gasteiger partial charge in [0, 0.05) is 0 Å². The van der Waals surface area contributed by atoms with Crippen molar-refractivity contribution in [3.05, 3.63) is 29.8 Å². The van der Waals surface area contributed by atoms with Gasteiger partial charge in [0.2, 0.25) is 0 Å². The highest BCUT2D eigenvalue weighted by Gasteiger charge is 1.99. The zero-order chi connectivity index (χ0) is 10.4. The van der Waals surface area contributed by atoms with Crippen LogP contribution in [0.1, 0.15) is 25.8 Å². The quantitative estimate of drug-likeness (QED) is 0.780. The molecule has 0 aromatic heterocycles. The molecule has 0 amide bonds. The molecule has 0 spiro atoms. The van der Waals surface area contributed by atoms with Crippen LogP contribution in [0.15, 0.2) is 24.3 Å². The summed E-state index contributed by atoms with van der Waals surface area (Å²) in [4.78, 5) is 0. The third-order valence-electron chi connectivity index (χ3n) is 2.06. The van der Waals surface area contributed by atoms with Crippen LogP contribution in [0.3, 0.4) is 0 Å². The second-order valence-corrected chi connectivity index (χ2v) is 3.47.